The quantitative estimate of drug-likeness (QED) is 0.181. The van der Waals surface area contributed by atoms with E-state index in [2.05, 4.69) is 34.8 Å². The number of ether oxygens (including phenoxy) is 2. The maximum absolute atomic E-state index is 12.9. The summed E-state index contributed by atoms with van der Waals surface area (Å²) in [6.45, 7) is 3.75. The highest BCUT2D eigenvalue weighted by Gasteiger charge is 2.12. The smallest absolute Gasteiger partial charge is 0.255 e. The molecule has 1 N–H and O–H groups in total. The molecule has 6 heteroatoms. The lowest BCUT2D eigenvalue weighted by molar-refractivity contribution is 0.102. The fourth-order valence-electron chi connectivity index (χ4n) is 4.65. The number of carbonyl (C=O) groups is 1. The van der Waals surface area contributed by atoms with Crippen molar-refractivity contribution in [2.45, 2.75) is 90.5 Å². The zero-order valence-corrected chi connectivity index (χ0v) is 24.2. The zero-order chi connectivity index (χ0) is 26.8. The fraction of sp³-hybridized carbons (Fsp3) is 0.531. The van der Waals surface area contributed by atoms with Gasteiger partial charge in [0.2, 0.25) is 0 Å². The van der Waals surface area contributed by atoms with E-state index in [0.29, 0.717) is 29.4 Å². The van der Waals surface area contributed by atoms with E-state index in [9.17, 15) is 4.79 Å². The molecule has 0 aromatic heterocycles. The van der Waals surface area contributed by atoms with E-state index in [4.69, 9.17) is 9.47 Å². The first-order valence-electron chi connectivity index (χ1n) is 14.4. The number of benzene rings is 2. The van der Waals surface area contributed by atoms with Crippen LogP contribution in [0.4, 0.5) is 5.69 Å². The minimum atomic E-state index is -0.134. The molecule has 208 valence electrons. The fourth-order valence-corrected chi connectivity index (χ4v) is 5.36. The van der Waals surface area contributed by atoms with E-state index in [1.165, 1.54) is 70.6 Å². The number of unbranched alkanes of at least 4 members (excludes halogenated alkanes) is 11. The third kappa shape index (κ3) is 11.0. The van der Waals surface area contributed by atoms with Crippen molar-refractivity contribution in [1.29, 1.82) is 0 Å². The van der Waals surface area contributed by atoms with Gasteiger partial charge in [0.1, 0.15) is 0 Å². The normalized spacial score (nSPS) is 12.6. The lowest BCUT2D eigenvalue weighted by atomic mass is 10.1. The topological polar surface area (TPSA) is 50.8 Å². The van der Waals surface area contributed by atoms with Gasteiger partial charge >= 0.3 is 0 Å². The Kier molecular flexibility index (Phi) is 14.0. The molecule has 0 saturated carbocycles. The summed E-state index contributed by atoms with van der Waals surface area (Å²) in [4.78, 5) is 15.1. The summed E-state index contributed by atoms with van der Waals surface area (Å²) in [6, 6.07) is 13.4. The highest BCUT2D eigenvalue weighted by Crippen LogP contribution is 2.31. The van der Waals surface area contributed by atoms with E-state index in [-0.39, 0.29) is 5.91 Å². The summed E-state index contributed by atoms with van der Waals surface area (Å²) in [5.74, 6) is 2.16. The van der Waals surface area contributed by atoms with Gasteiger partial charge in [-0.2, -0.15) is 0 Å². The Balaban J connectivity index is 1.34. The zero-order valence-electron chi connectivity index (χ0n) is 23.4. The third-order valence-electron chi connectivity index (χ3n) is 6.86. The Bertz CT molecular complexity index is 994. The predicted octanol–water partition coefficient (Wildman–Crippen LogP) is 9.00. The maximum Gasteiger partial charge on any atom is 0.255 e. The van der Waals surface area contributed by atoms with Crippen molar-refractivity contribution >= 4 is 23.4 Å². The first-order chi connectivity index (χ1) is 18.7. The lowest BCUT2D eigenvalue weighted by Gasteiger charge is -2.15. The van der Waals surface area contributed by atoms with Crippen LogP contribution in [0.2, 0.25) is 0 Å². The van der Waals surface area contributed by atoms with Crippen molar-refractivity contribution in [1.82, 2.24) is 4.90 Å². The van der Waals surface area contributed by atoms with E-state index in [0.717, 1.165) is 24.4 Å². The highest BCUT2D eigenvalue weighted by atomic mass is 32.2. The van der Waals surface area contributed by atoms with Crippen molar-refractivity contribution in [3.8, 4) is 11.5 Å². The summed E-state index contributed by atoms with van der Waals surface area (Å²) in [5, 5.41) is 5.09. The highest BCUT2D eigenvalue weighted by molar-refractivity contribution is 8.02. The van der Waals surface area contributed by atoms with Crippen molar-refractivity contribution in [2.75, 3.05) is 24.9 Å². The van der Waals surface area contributed by atoms with E-state index < -0.39 is 0 Å². The molecule has 3 rings (SSSR count). The minimum Gasteiger partial charge on any atom is -0.493 e. The van der Waals surface area contributed by atoms with Crippen LogP contribution in [-0.2, 0) is 6.54 Å². The number of amides is 1. The van der Waals surface area contributed by atoms with Gasteiger partial charge in [-0.1, -0.05) is 89.7 Å². The molecule has 1 heterocycles. The van der Waals surface area contributed by atoms with E-state index in [1.807, 2.05) is 36.4 Å². The number of hydrogen-bond donors (Lipinski definition) is 1. The van der Waals surface area contributed by atoms with Crippen LogP contribution < -0.4 is 14.8 Å². The van der Waals surface area contributed by atoms with Crippen LogP contribution in [0.1, 0.15) is 99.9 Å². The Morgan fingerprint density at radius 3 is 2.26 bits per heavy atom. The molecule has 0 bridgehead atoms. The molecular formula is C32H46N2O3S. The van der Waals surface area contributed by atoms with Crippen molar-refractivity contribution < 1.29 is 14.3 Å². The summed E-state index contributed by atoms with van der Waals surface area (Å²) in [6.07, 6.45) is 18.0. The van der Waals surface area contributed by atoms with Gasteiger partial charge in [-0.15, -0.1) is 11.8 Å². The van der Waals surface area contributed by atoms with Gasteiger partial charge in [0.05, 0.1) is 19.6 Å². The van der Waals surface area contributed by atoms with Gasteiger partial charge < -0.3 is 19.7 Å². The van der Waals surface area contributed by atoms with Crippen molar-refractivity contribution in [3.63, 3.8) is 0 Å². The van der Waals surface area contributed by atoms with Crippen molar-refractivity contribution in [3.05, 3.63) is 65.2 Å². The molecule has 0 fully saturated rings. The summed E-state index contributed by atoms with van der Waals surface area (Å²) in [7, 11) is 1.63. The second-order valence-electron chi connectivity index (χ2n) is 10.1. The summed E-state index contributed by atoms with van der Waals surface area (Å²) >= 11 is 1.78. The molecule has 1 amide bonds. The number of nitrogens with zero attached hydrogens (tertiary/aromatic N) is 1. The Morgan fingerprint density at radius 2 is 1.61 bits per heavy atom. The number of nitrogens with one attached hydrogen (secondary N) is 1. The lowest BCUT2D eigenvalue weighted by Crippen LogP contribution is -2.15. The molecule has 0 radical (unpaired) electrons. The Labute approximate surface area is 234 Å². The Hall–Kier alpha value is -2.60. The molecule has 0 saturated heterocycles. The predicted molar refractivity (Wildman–Crippen MR) is 161 cm³/mol. The number of thioether (sulfide) groups is 1. The summed E-state index contributed by atoms with van der Waals surface area (Å²) < 4.78 is 11.5. The van der Waals surface area contributed by atoms with Gasteiger partial charge in [0.25, 0.3) is 5.91 Å². The van der Waals surface area contributed by atoms with Gasteiger partial charge in [-0.05, 0) is 41.7 Å². The molecule has 0 aliphatic carbocycles. The molecule has 0 atom stereocenters. The molecular weight excluding hydrogens is 492 g/mol. The van der Waals surface area contributed by atoms with Gasteiger partial charge in [0, 0.05) is 30.1 Å². The average molecular weight is 539 g/mol. The van der Waals surface area contributed by atoms with Crippen LogP contribution in [0.3, 0.4) is 0 Å². The molecule has 2 aromatic carbocycles. The van der Waals surface area contributed by atoms with Crippen LogP contribution in [0.15, 0.2) is 54.1 Å². The van der Waals surface area contributed by atoms with Gasteiger partial charge in [-0.3, -0.25) is 4.79 Å². The molecule has 1 aliphatic heterocycles. The number of methoxy groups -OCH3 is 1. The molecule has 0 spiro atoms. The Morgan fingerprint density at radius 1 is 0.895 bits per heavy atom. The van der Waals surface area contributed by atoms with Crippen LogP contribution in [0.5, 0.6) is 11.5 Å². The van der Waals surface area contributed by atoms with E-state index in [1.54, 1.807) is 18.9 Å². The van der Waals surface area contributed by atoms with Crippen LogP contribution in [0, 0.1) is 0 Å². The molecule has 1 aliphatic rings. The first kappa shape index (κ1) is 29.9. The number of rotatable bonds is 19. The van der Waals surface area contributed by atoms with Crippen LogP contribution in [-0.4, -0.2) is 30.4 Å². The maximum atomic E-state index is 12.9. The molecule has 0 unspecified atom stereocenters. The molecule has 2 aromatic rings. The number of hydrogen-bond acceptors (Lipinski definition) is 5. The van der Waals surface area contributed by atoms with Crippen molar-refractivity contribution in [2.24, 2.45) is 0 Å². The van der Waals surface area contributed by atoms with Crippen LogP contribution >= 0.6 is 11.8 Å². The summed E-state index contributed by atoms with van der Waals surface area (Å²) in [5.41, 5.74) is 2.45. The van der Waals surface area contributed by atoms with Gasteiger partial charge in [0.15, 0.2) is 11.5 Å². The molecule has 38 heavy (non-hydrogen) atoms. The number of carbonyl (C=O) groups excluding carboxylic acids is 1. The monoisotopic (exact) mass is 538 g/mol. The number of anilines is 1. The largest absolute Gasteiger partial charge is 0.493 e. The average Bonchev–Trinajstić information content (AvgIpc) is 3.45. The third-order valence-corrected chi connectivity index (χ3v) is 7.65. The second-order valence-corrected chi connectivity index (χ2v) is 10.9. The first-order valence-corrected chi connectivity index (χ1v) is 15.5. The minimum absolute atomic E-state index is 0.134. The SMILES string of the molecule is CCCCCCCCCCCCCCOc1ccc(NC(=O)c2cccc(CN3C=CSC3)c2)cc1OC. The molecule has 5 nitrogen and oxygen atoms in total. The van der Waals surface area contributed by atoms with E-state index >= 15 is 0 Å². The van der Waals surface area contributed by atoms with Crippen LogP contribution in [0.25, 0.3) is 0 Å². The van der Waals surface area contributed by atoms with Gasteiger partial charge in [-0.25, -0.2) is 0 Å². The standard InChI is InChI=1S/C32H46N2O3S/c1-3-4-5-6-7-8-9-10-11-12-13-14-21-37-30-19-18-29(24-31(30)36-2)33-32(35)28-17-15-16-27(23-28)25-34-20-22-38-26-34/h15-20,22-24H,3-14,21,25-26H2,1-2H3,(H,33,35). The second kappa shape index (κ2) is 17.8.